The van der Waals surface area contributed by atoms with E-state index in [2.05, 4.69) is 0 Å². The van der Waals surface area contributed by atoms with Crippen molar-refractivity contribution in [1.29, 1.82) is 0 Å². The second kappa shape index (κ2) is 5.61. The second-order valence-electron chi connectivity index (χ2n) is 5.22. The zero-order chi connectivity index (χ0) is 14.0. The lowest BCUT2D eigenvalue weighted by molar-refractivity contribution is -0.139. The standard InChI is InChI=1S/C15H18F2OS/c1-3-15(2)12(8-13(15)18)10-4-6-11(7-5-10)19-9-14(16)17/h4-7,12,14H,3,8-9H2,1-2H3. The van der Waals surface area contributed by atoms with Crippen LogP contribution in [0.15, 0.2) is 29.2 Å². The normalized spacial score (nSPS) is 26.6. The molecule has 0 aliphatic heterocycles. The van der Waals surface area contributed by atoms with Crippen LogP contribution in [0, 0.1) is 5.41 Å². The number of hydrogen-bond acceptors (Lipinski definition) is 2. The molecule has 1 saturated carbocycles. The first-order valence-electron chi connectivity index (χ1n) is 6.51. The Morgan fingerprint density at radius 2 is 2.00 bits per heavy atom. The molecular formula is C15H18F2OS. The molecule has 1 aromatic rings. The average molecular weight is 284 g/mol. The molecule has 2 atom stereocenters. The Morgan fingerprint density at radius 3 is 2.47 bits per heavy atom. The van der Waals surface area contributed by atoms with E-state index in [4.69, 9.17) is 0 Å². The van der Waals surface area contributed by atoms with E-state index in [0.29, 0.717) is 12.2 Å². The van der Waals surface area contributed by atoms with Gasteiger partial charge in [-0.1, -0.05) is 26.0 Å². The molecule has 1 nitrogen and oxygen atoms in total. The molecule has 0 spiro atoms. The summed E-state index contributed by atoms with van der Waals surface area (Å²) in [6, 6.07) is 7.69. The summed E-state index contributed by atoms with van der Waals surface area (Å²) < 4.78 is 24.2. The zero-order valence-electron chi connectivity index (χ0n) is 11.2. The number of rotatable bonds is 5. The SMILES string of the molecule is CCC1(C)C(=O)CC1c1ccc(SCC(F)F)cc1. The van der Waals surface area contributed by atoms with Crippen LogP contribution >= 0.6 is 11.8 Å². The molecule has 0 saturated heterocycles. The van der Waals surface area contributed by atoms with Gasteiger partial charge < -0.3 is 0 Å². The third kappa shape index (κ3) is 2.83. The van der Waals surface area contributed by atoms with Gasteiger partial charge in [-0.25, -0.2) is 8.78 Å². The number of carbonyl (C=O) groups is 1. The van der Waals surface area contributed by atoms with Crippen LogP contribution in [-0.4, -0.2) is 18.0 Å². The quantitative estimate of drug-likeness (QED) is 0.740. The van der Waals surface area contributed by atoms with Crippen molar-refractivity contribution in [3.8, 4) is 0 Å². The van der Waals surface area contributed by atoms with Crippen molar-refractivity contribution in [1.82, 2.24) is 0 Å². The summed E-state index contributed by atoms with van der Waals surface area (Å²) in [7, 11) is 0. The van der Waals surface area contributed by atoms with Crippen LogP contribution in [0.3, 0.4) is 0 Å². The predicted molar refractivity (Wildman–Crippen MR) is 73.9 cm³/mol. The van der Waals surface area contributed by atoms with Crippen molar-refractivity contribution in [2.75, 3.05) is 5.75 Å². The van der Waals surface area contributed by atoms with Crippen molar-refractivity contribution in [3.05, 3.63) is 29.8 Å². The Labute approximate surface area is 116 Å². The van der Waals surface area contributed by atoms with E-state index in [1.165, 1.54) is 0 Å². The second-order valence-corrected chi connectivity index (χ2v) is 6.32. The van der Waals surface area contributed by atoms with Gasteiger partial charge in [0.15, 0.2) is 0 Å². The number of alkyl halides is 2. The maximum Gasteiger partial charge on any atom is 0.247 e. The number of carbonyl (C=O) groups excluding carboxylic acids is 1. The third-order valence-corrected chi connectivity index (χ3v) is 5.21. The van der Waals surface area contributed by atoms with Gasteiger partial charge >= 0.3 is 0 Å². The van der Waals surface area contributed by atoms with E-state index >= 15 is 0 Å². The summed E-state index contributed by atoms with van der Waals surface area (Å²) in [5, 5.41) is 0. The highest BCUT2D eigenvalue weighted by molar-refractivity contribution is 7.99. The highest BCUT2D eigenvalue weighted by Gasteiger charge is 2.49. The van der Waals surface area contributed by atoms with Crippen LogP contribution in [0.5, 0.6) is 0 Å². The molecule has 0 amide bonds. The Morgan fingerprint density at radius 1 is 1.37 bits per heavy atom. The molecule has 2 rings (SSSR count). The molecule has 1 aliphatic rings. The lowest BCUT2D eigenvalue weighted by Crippen LogP contribution is -2.45. The molecule has 1 fully saturated rings. The summed E-state index contributed by atoms with van der Waals surface area (Å²) in [6.45, 7) is 4.06. The molecular weight excluding hydrogens is 266 g/mol. The summed E-state index contributed by atoms with van der Waals surface area (Å²) >= 11 is 1.16. The smallest absolute Gasteiger partial charge is 0.247 e. The Bertz CT molecular complexity index is 458. The Kier molecular flexibility index (Phi) is 4.29. The van der Waals surface area contributed by atoms with Crippen molar-refractivity contribution < 1.29 is 13.6 Å². The summed E-state index contributed by atoms with van der Waals surface area (Å²) in [4.78, 5) is 12.6. The van der Waals surface area contributed by atoms with Gasteiger partial charge in [-0.05, 0) is 24.1 Å². The van der Waals surface area contributed by atoms with Crippen molar-refractivity contribution in [2.45, 2.75) is 43.9 Å². The first-order valence-corrected chi connectivity index (χ1v) is 7.50. The molecule has 19 heavy (non-hydrogen) atoms. The van der Waals surface area contributed by atoms with Crippen LogP contribution in [-0.2, 0) is 4.79 Å². The number of Topliss-reactive ketones (excluding diaryl/α,β-unsaturated/α-hetero) is 1. The number of hydrogen-bond donors (Lipinski definition) is 0. The van der Waals surface area contributed by atoms with E-state index in [1.807, 2.05) is 38.1 Å². The largest absolute Gasteiger partial charge is 0.299 e. The van der Waals surface area contributed by atoms with Crippen LogP contribution in [0.4, 0.5) is 8.78 Å². The Hall–Kier alpha value is -0.900. The lowest BCUT2D eigenvalue weighted by atomic mass is 9.56. The van der Waals surface area contributed by atoms with Gasteiger partial charge in [-0.3, -0.25) is 4.79 Å². The Balaban J connectivity index is 2.05. The molecule has 2 unspecified atom stereocenters. The molecule has 0 aromatic heterocycles. The van der Waals surface area contributed by atoms with Gasteiger partial charge in [0.05, 0.1) is 5.75 Å². The van der Waals surface area contributed by atoms with Crippen LogP contribution in [0.2, 0.25) is 0 Å². The molecule has 0 N–H and O–H groups in total. The van der Waals surface area contributed by atoms with Crippen molar-refractivity contribution >= 4 is 17.5 Å². The first-order chi connectivity index (χ1) is 8.97. The number of halogens is 2. The summed E-state index contributed by atoms with van der Waals surface area (Å²) in [6.07, 6.45) is -0.830. The third-order valence-electron chi connectivity index (χ3n) is 4.19. The molecule has 0 bridgehead atoms. The predicted octanol–water partition coefficient (Wildman–Crippen LogP) is 4.52. The minimum absolute atomic E-state index is 0.173. The van der Waals surface area contributed by atoms with Crippen molar-refractivity contribution in [2.24, 2.45) is 5.41 Å². The zero-order valence-corrected chi connectivity index (χ0v) is 12.0. The number of thioether (sulfide) groups is 1. The fraction of sp³-hybridized carbons (Fsp3) is 0.533. The topological polar surface area (TPSA) is 17.1 Å². The molecule has 0 radical (unpaired) electrons. The number of benzene rings is 1. The highest BCUT2D eigenvalue weighted by atomic mass is 32.2. The van der Waals surface area contributed by atoms with E-state index < -0.39 is 6.43 Å². The van der Waals surface area contributed by atoms with Crippen LogP contribution in [0.25, 0.3) is 0 Å². The van der Waals surface area contributed by atoms with Gasteiger partial charge in [-0.2, -0.15) is 0 Å². The van der Waals surface area contributed by atoms with Gasteiger partial charge in [-0.15, -0.1) is 11.8 Å². The summed E-state index contributed by atoms with van der Waals surface area (Å²) in [5.41, 5.74) is 0.905. The monoisotopic (exact) mass is 284 g/mol. The van der Waals surface area contributed by atoms with E-state index in [0.717, 1.165) is 28.6 Å². The molecule has 104 valence electrons. The average Bonchev–Trinajstić information content (AvgIpc) is 2.42. The molecule has 0 heterocycles. The first kappa shape index (κ1) is 14.5. The molecule has 1 aromatic carbocycles. The van der Waals surface area contributed by atoms with Crippen LogP contribution < -0.4 is 0 Å². The minimum Gasteiger partial charge on any atom is -0.299 e. The highest BCUT2D eigenvalue weighted by Crippen LogP contribution is 2.51. The van der Waals surface area contributed by atoms with Crippen molar-refractivity contribution in [3.63, 3.8) is 0 Å². The van der Waals surface area contributed by atoms with E-state index in [1.54, 1.807) is 0 Å². The van der Waals surface area contributed by atoms with E-state index in [9.17, 15) is 13.6 Å². The summed E-state index contributed by atoms with van der Waals surface area (Å²) in [5.74, 6) is 0.434. The number of ketones is 1. The van der Waals surface area contributed by atoms with Gasteiger partial charge in [0.25, 0.3) is 0 Å². The maximum absolute atomic E-state index is 12.1. The molecule has 1 aliphatic carbocycles. The lowest BCUT2D eigenvalue weighted by Gasteiger charge is -2.45. The van der Waals surface area contributed by atoms with E-state index in [-0.39, 0.29) is 17.1 Å². The maximum atomic E-state index is 12.1. The fourth-order valence-electron chi connectivity index (χ4n) is 2.59. The van der Waals surface area contributed by atoms with Gasteiger partial charge in [0.1, 0.15) is 5.78 Å². The fourth-order valence-corrected chi connectivity index (χ4v) is 3.24. The van der Waals surface area contributed by atoms with Crippen LogP contribution in [0.1, 0.15) is 38.2 Å². The molecule has 4 heteroatoms. The minimum atomic E-state index is -2.28. The van der Waals surface area contributed by atoms with Gasteiger partial charge in [0, 0.05) is 22.6 Å². The van der Waals surface area contributed by atoms with Gasteiger partial charge in [0.2, 0.25) is 6.43 Å².